The fraction of sp³-hybridized carbons (Fsp3) is 0.529. The van der Waals surface area contributed by atoms with Crippen LogP contribution >= 0.6 is 0 Å². The van der Waals surface area contributed by atoms with E-state index < -0.39 is 11.4 Å². The van der Waals surface area contributed by atoms with Crippen molar-refractivity contribution in [3.8, 4) is 0 Å². The maximum absolute atomic E-state index is 12.1. The molecule has 1 fully saturated rings. The number of rotatable bonds is 5. The summed E-state index contributed by atoms with van der Waals surface area (Å²) in [6, 6.07) is 7.72. The van der Waals surface area contributed by atoms with Gasteiger partial charge < -0.3 is 10.4 Å². The minimum atomic E-state index is -0.859. The summed E-state index contributed by atoms with van der Waals surface area (Å²) in [5.41, 5.74) is 1.08. The Bertz CT molecular complexity index is 513. The normalized spacial score (nSPS) is 16.9. The van der Waals surface area contributed by atoms with E-state index in [1.54, 1.807) is 0 Å². The Morgan fingerprint density at radius 2 is 1.76 bits per heavy atom. The average Bonchev–Trinajstić information content (AvgIpc) is 2.89. The van der Waals surface area contributed by atoms with Gasteiger partial charge in [-0.1, -0.05) is 38.8 Å². The molecule has 1 aromatic carbocycles. The van der Waals surface area contributed by atoms with Gasteiger partial charge in [0.25, 0.3) is 0 Å². The lowest BCUT2D eigenvalue weighted by molar-refractivity contribution is -0.150. The van der Waals surface area contributed by atoms with Gasteiger partial charge in [0.1, 0.15) is 0 Å². The van der Waals surface area contributed by atoms with Crippen LogP contribution in [-0.2, 0) is 9.59 Å². The molecule has 4 nitrogen and oxygen atoms in total. The summed E-state index contributed by atoms with van der Waals surface area (Å²) < 4.78 is 0. The summed E-state index contributed by atoms with van der Waals surface area (Å²) in [5.74, 6) is -0.606. The number of carboxylic acids is 1. The molecule has 0 unspecified atom stereocenters. The van der Waals surface area contributed by atoms with Crippen molar-refractivity contribution in [2.45, 2.75) is 51.9 Å². The van der Waals surface area contributed by atoms with Crippen LogP contribution in [0.15, 0.2) is 24.3 Å². The zero-order valence-corrected chi connectivity index (χ0v) is 12.7. The molecule has 1 saturated carbocycles. The van der Waals surface area contributed by atoms with Crippen molar-refractivity contribution in [3.63, 3.8) is 0 Å². The third-order valence-electron chi connectivity index (χ3n) is 4.37. The van der Waals surface area contributed by atoms with Gasteiger partial charge in [-0.2, -0.15) is 0 Å². The Labute approximate surface area is 125 Å². The number of benzene rings is 1. The van der Waals surface area contributed by atoms with Gasteiger partial charge in [0.05, 0.1) is 5.41 Å². The molecule has 1 aromatic rings. The number of hydrogen-bond donors (Lipinski definition) is 2. The van der Waals surface area contributed by atoms with Crippen LogP contribution in [0.3, 0.4) is 0 Å². The van der Waals surface area contributed by atoms with Crippen LogP contribution in [0, 0.1) is 5.41 Å². The van der Waals surface area contributed by atoms with E-state index in [9.17, 15) is 14.7 Å². The first-order valence-electron chi connectivity index (χ1n) is 7.56. The number of aliphatic carboxylic acids is 1. The highest BCUT2D eigenvalue weighted by atomic mass is 16.4. The molecule has 2 rings (SSSR count). The zero-order valence-electron chi connectivity index (χ0n) is 12.7. The molecule has 0 aromatic heterocycles. The van der Waals surface area contributed by atoms with Crippen molar-refractivity contribution >= 4 is 17.6 Å². The van der Waals surface area contributed by atoms with Crippen LogP contribution in [0.25, 0.3) is 0 Å². The van der Waals surface area contributed by atoms with E-state index in [0.29, 0.717) is 18.8 Å². The van der Waals surface area contributed by atoms with E-state index >= 15 is 0 Å². The van der Waals surface area contributed by atoms with Crippen LogP contribution in [0.4, 0.5) is 5.69 Å². The number of carbonyl (C=O) groups is 2. The molecule has 1 aliphatic rings. The van der Waals surface area contributed by atoms with Gasteiger partial charge in [-0.15, -0.1) is 0 Å². The van der Waals surface area contributed by atoms with Gasteiger partial charge in [0.15, 0.2) is 0 Å². The predicted molar refractivity (Wildman–Crippen MR) is 82.3 cm³/mol. The Hall–Kier alpha value is -1.84. The number of carboxylic acid groups (broad SMARTS) is 1. The van der Waals surface area contributed by atoms with Crippen molar-refractivity contribution < 1.29 is 14.7 Å². The molecule has 0 heterocycles. The fourth-order valence-electron chi connectivity index (χ4n) is 2.98. The minimum absolute atomic E-state index is 0.0638. The van der Waals surface area contributed by atoms with E-state index in [0.717, 1.165) is 18.5 Å². The molecule has 0 spiro atoms. The Morgan fingerprint density at radius 3 is 2.24 bits per heavy atom. The monoisotopic (exact) mass is 289 g/mol. The summed E-state index contributed by atoms with van der Waals surface area (Å²) in [6.07, 6.45) is 3.05. The lowest BCUT2D eigenvalue weighted by Gasteiger charge is -2.22. The Kier molecular flexibility index (Phi) is 4.66. The minimum Gasteiger partial charge on any atom is -0.481 e. The van der Waals surface area contributed by atoms with Gasteiger partial charge in [0.2, 0.25) is 5.91 Å². The van der Waals surface area contributed by atoms with Crippen LogP contribution in [0.2, 0.25) is 0 Å². The largest absolute Gasteiger partial charge is 0.481 e. The van der Waals surface area contributed by atoms with Crippen molar-refractivity contribution in [1.29, 1.82) is 0 Å². The SMILES string of the molecule is CC(C)c1ccc(NC(=O)CC2(C(=O)O)CCCC2)cc1. The third-order valence-corrected chi connectivity index (χ3v) is 4.37. The maximum atomic E-state index is 12.1. The molecule has 21 heavy (non-hydrogen) atoms. The van der Waals surface area contributed by atoms with Gasteiger partial charge in [-0.25, -0.2) is 0 Å². The molecule has 0 bridgehead atoms. The second-order valence-corrected chi connectivity index (χ2v) is 6.29. The van der Waals surface area contributed by atoms with Gasteiger partial charge in [-0.05, 0) is 36.5 Å². The standard InChI is InChI=1S/C17H23NO3/c1-12(2)13-5-7-14(8-6-13)18-15(19)11-17(16(20)21)9-3-4-10-17/h5-8,12H,3-4,9-11H2,1-2H3,(H,18,19)(H,20,21). The lowest BCUT2D eigenvalue weighted by Crippen LogP contribution is -2.32. The van der Waals surface area contributed by atoms with Crippen LogP contribution in [0.1, 0.15) is 57.4 Å². The average molecular weight is 289 g/mol. The molecule has 4 heteroatoms. The van der Waals surface area contributed by atoms with E-state index in [1.807, 2.05) is 24.3 Å². The van der Waals surface area contributed by atoms with Crippen molar-refractivity contribution in [2.75, 3.05) is 5.32 Å². The van der Waals surface area contributed by atoms with Crippen LogP contribution in [0.5, 0.6) is 0 Å². The number of carbonyl (C=O) groups excluding carboxylic acids is 1. The number of nitrogens with one attached hydrogen (secondary N) is 1. The first-order valence-corrected chi connectivity index (χ1v) is 7.56. The first-order chi connectivity index (χ1) is 9.93. The maximum Gasteiger partial charge on any atom is 0.310 e. The molecule has 114 valence electrons. The highest BCUT2D eigenvalue weighted by Gasteiger charge is 2.42. The number of hydrogen-bond acceptors (Lipinski definition) is 2. The molecular weight excluding hydrogens is 266 g/mol. The molecule has 0 saturated heterocycles. The fourth-order valence-corrected chi connectivity index (χ4v) is 2.98. The van der Waals surface area contributed by atoms with Crippen molar-refractivity contribution in [2.24, 2.45) is 5.41 Å². The van der Waals surface area contributed by atoms with Crippen molar-refractivity contribution in [3.05, 3.63) is 29.8 Å². The van der Waals surface area contributed by atoms with E-state index in [1.165, 1.54) is 5.56 Å². The lowest BCUT2D eigenvalue weighted by atomic mass is 9.82. The molecule has 1 aliphatic carbocycles. The van der Waals surface area contributed by atoms with Crippen LogP contribution in [-0.4, -0.2) is 17.0 Å². The molecular formula is C17H23NO3. The number of anilines is 1. The molecule has 0 atom stereocenters. The van der Waals surface area contributed by atoms with E-state index in [4.69, 9.17) is 0 Å². The first kappa shape index (κ1) is 15.5. The summed E-state index contributed by atoms with van der Waals surface area (Å²) in [5, 5.41) is 12.2. The molecule has 2 N–H and O–H groups in total. The second-order valence-electron chi connectivity index (χ2n) is 6.29. The van der Waals surface area contributed by atoms with Crippen LogP contribution < -0.4 is 5.32 Å². The Morgan fingerprint density at radius 1 is 1.19 bits per heavy atom. The third kappa shape index (κ3) is 3.63. The van der Waals surface area contributed by atoms with Crippen molar-refractivity contribution in [1.82, 2.24) is 0 Å². The summed E-state index contributed by atoms with van der Waals surface area (Å²) >= 11 is 0. The smallest absolute Gasteiger partial charge is 0.310 e. The number of amides is 1. The van der Waals surface area contributed by atoms with E-state index in [2.05, 4.69) is 19.2 Å². The molecule has 0 radical (unpaired) electrons. The highest BCUT2D eigenvalue weighted by Crippen LogP contribution is 2.41. The summed E-state index contributed by atoms with van der Waals surface area (Å²) in [4.78, 5) is 23.6. The van der Waals surface area contributed by atoms with Gasteiger partial charge in [-0.3, -0.25) is 9.59 Å². The van der Waals surface area contributed by atoms with Gasteiger partial charge >= 0.3 is 5.97 Å². The topological polar surface area (TPSA) is 66.4 Å². The Balaban J connectivity index is 1.99. The van der Waals surface area contributed by atoms with E-state index in [-0.39, 0.29) is 12.3 Å². The molecule has 0 aliphatic heterocycles. The summed E-state index contributed by atoms with van der Waals surface area (Å²) in [6.45, 7) is 4.23. The zero-order chi connectivity index (χ0) is 15.5. The second kappa shape index (κ2) is 6.29. The van der Waals surface area contributed by atoms with Gasteiger partial charge in [0, 0.05) is 12.1 Å². The predicted octanol–water partition coefficient (Wildman–Crippen LogP) is 3.78. The summed E-state index contributed by atoms with van der Waals surface area (Å²) in [7, 11) is 0. The highest BCUT2D eigenvalue weighted by molar-refractivity contribution is 5.94. The quantitative estimate of drug-likeness (QED) is 0.866. The molecule has 1 amide bonds.